The zero-order chi connectivity index (χ0) is 12.4. The Morgan fingerprint density at radius 1 is 1.22 bits per heavy atom. The van der Waals surface area contributed by atoms with E-state index in [4.69, 9.17) is 0 Å². The molecule has 0 amide bonds. The second-order valence-corrected chi connectivity index (χ2v) is 4.25. The number of hydrogen-bond acceptors (Lipinski definition) is 3. The topological polar surface area (TPSA) is 58.5 Å². The van der Waals surface area contributed by atoms with Crippen LogP contribution in [0.3, 0.4) is 0 Å². The summed E-state index contributed by atoms with van der Waals surface area (Å²) in [5.74, 6) is 0.957. The van der Waals surface area contributed by atoms with Gasteiger partial charge in [0.15, 0.2) is 0 Å². The predicted molar refractivity (Wildman–Crippen MR) is 69.8 cm³/mol. The lowest BCUT2D eigenvalue weighted by atomic mass is 10.3. The summed E-state index contributed by atoms with van der Waals surface area (Å²) in [4.78, 5) is 7.81. The van der Waals surface area contributed by atoms with Gasteiger partial charge >= 0.3 is 0 Å². The molecule has 5 nitrogen and oxygen atoms in total. The largest absolute Gasteiger partial charge is 0.341 e. The molecule has 0 bridgehead atoms. The Labute approximate surface area is 105 Å². The number of H-pyrrole nitrogens is 1. The number of nitrogens with zero attached hydrogens (tertiary/aromatic N) is 3. The lowest BCUT2D eigenvalue weighted by Gasteiger charge is -2.02. The normalized spacial score (nSPS) is 11.2. The van der Waals surface area contributed by atoms with Crippen molar-refractivity contribution < 1.29 is 0 Å². The Bertz CT molecular complexity index is 619. The standard InChI is InChI=1S/C13H15N5/c1-18-10(6-7-15-18)8-14-9-13-16-11-4-2-3-5-12(11)17-13/h2-7,14H,8-9H2,1H3,(H,16,17). The molecule has 0 atom stereocenters. The van der Waals surface area contributed by atoms with Gasteiger partial charge in [0, 0.05) is 19.8 Å². The first-order valence-corrected chi connectivity index (χ1v) is 5.94. The fraction of sp³-hybridized carbons (Fsp3) is 0.231. The van der Waals surface area contributed by atoms with Gasteiger partial charge in [-0.1, -0.05) is 12.1 Å². The average molecular weight is 241 g/mol. The minimum Gasteiger partial charge on any atom is -0.341 e. The molecule has 2 heterocycles. The Balaban J connectivity index is 1.65. The van der Waals surface area contributed by atoms with Gasteiger partial charge in [-0.15, -0.1) is 0 Å². The number of aryl methyl sites for hydroxylation is 1. The Morgan fingerprint density at radius 2 is 2.11 bits per heavy atom. The highest BCUT2D eigenvalue weighted by molar-refractivity contribution is 5.74. The van der Waals surface area contributed by atoms with Crippen LogP contribution in [0.2, 0.25) is 0 Å². The maximum absolute atomic E-state index is 4.51. The Hall–Kier alpha value is -2.14. The second-order valence-electron chi connectivity index (χ2n) is 4.25. The summed E-state index contributed by atoms with van der Waals surface area (Å²) in [6.45, 7) is 1.51. The highest BCUT2D eigenvalue weighted by Gasteiger charge is 2.02. The molecule has 1 aromatic carbocycles. The first-order chi connectivity index (χ1) is 8.83. The van der Waals surface area contributed by atoms with Crippen molar-refractivity contribution in [1.29, 1.82) is 0 Å². The molecule has 0 aliphatic heterocycles. The van der Waals surface area contributed by atoms with Crippen LogP contribution in [0, 0.1) is 0 Å². The maximum Gasteiger partial charge on any atom is 0.121 e. The van der Waals surface area contributed by atoms with Gasteiger partial charge in [0.05, 0.1) is 23.3 Å². The minimum absolute atomic E-state index is 0.722. The molecule has 0 unspecified atom stereocenters. The van der Waals surface area contributed by atoms with Crippen LogP contribution in [0.25, 0.3) is 11.0 Å². The number of hydrogen-bond donors (Lipinski definition) is 2. The van der Waals surface area contributed by atoms with Gasteiger partial charge in [-0.3, -0.25) is 4.68 Å². The van der Waals surface area contributed by atoms with Crippen LogP contribution in [0.1, 0.15) is 11.5 Å². The monoisotopic (exact) mass is 241 g/mol. The van der Waals surface area contributed by atoms with Crippen molar-refractivity contribution in [2.45, 2.75) is 13.1 Å². The van der Waals surface area contributed by atoms with Crippen LogP contribution in [-0.2, 0) is 20.1 Å². The number of fused-ring (bicyclic) bond motifs is 1. The van der Waals surface area contributed by atoms with Crippen LogP contribution in [0.5, 0.6) is 0 Å². The van der Waals surface area contributed by atoms with E-state index in [2.05, 4.69) is 20.4 Å². The minimum atomic E-state index is 0.722. The summed E-state index contributed by atoms with van der Waals surface area (Å²) in [5.41, 5.74) is 3.25. The van der Waals surface area contributed by atoms with Gasteiger partial charge in [0.1, 0.15) is 5.82 Å². The third-order valence-corrected chi connectivity index (χ3v) is 2.96. The van der Waals surface area contributed by atoms with Gasteiger partial charge in [0.25, 0.3) is 0 Å². The first kappa shape index (κ1) is 11.0. The van der Waals surface area contributed by atoms with E-state index in [1.807, 2.05) is 42.1 Å². The van der Waals surface area contributed by atoms with E-state index in [9.17, 15) is 0 Å². The van der Waals surface area contributed by atoms with Crippen molar-refractivity contribution in [2.75, 3.05) is 0 Å². The molecule has 0 saturated carbocycles. The molecule has 3 rings (SSSR count). The number of aromatic nitrogens is 4. The molecule has 3 aromatic rings. The molecule has 5 heteroatoms. The van der Waals surface area contributed by atoms with E-state index >= 15 is 0 Å². The molecule has 18 heavy (non-hydrogen) atoms. The van der Waals surface area contributed by atoms with Crippen molar-refractivity contribution >= 4 is 11.0 Å². The van der Waals surface area contributed by atoms with Gasteiger partial charge < -0.3 is 10.3 Å². The molecule has 2 N–H and O–H groups in total. The molecule has 0 aliphatic rings. The van der Waals surface area contributed by atoms with E-state index in [0.29, 0.717) is 0 Å². The van der Waals surface area contributed by atoms with Gasteiger partial charge in [-0.05, 0) is 18.2 Å². The summed E-state index contributed by atoms with van der Waals surface area (Å²) < 4.78 is 1.87. The van der Waals surface area contributed by atoms with Crippen molar-refractivity contribution in [3.05, 3.63) is 48.0 Å². The van der Waals surface area contributed by atoms with E-state index in [1.54, 1.807) is 6.20 Å². The van der Waals surface area contributed by atoms with Crippen molar-refractivity contribution in [3.8, 4) is 0 Å². The molecule has 0 spiro atoms. The average Bonchev–Trinajstić information content (AvgIpc) is 2.96. The van der Waals surface area contributed by atoms with E-state index in [-0.39, 0.29) is 0 Å². The second kappa shape index (κ2) is 4.62. The smallest absolute Gasteiger partial charge is 0.121 e. The fourth-order valence-corrected chi connectivity index (χ4v) is 1.97. The van der Waals surface area contributed by atoms with Crippen LogP contribution < -0.4 is 5.32 Å². The number of aromatic amines is 1. The quantitative estimate of drug-likeness (QED) is 0.729. The first-order valence-electron chi connectivity index (χ1n) is 5.94. The Morgan fingerprint density at radius 3 is 2.89 bits per heavy atom. The number of para-hydroxylation sites is 2. The van der Waals surface area contributed by atoms with Crippen LogP contribution in [-0.4, -0.2) is 19.7 Å². The van der Waals surface area contributed by atoms with Gasteiger partial charge in [-0.2, -0.15) is 5.10 Å². The lowest BCUT2D eigenvalue weighted by molar-refractivity contribution is 0.615. The summed E-state index contributed by atoms with van der Waals surface area (Å²) in [6.07, 6.45) is 1.80. The van der Waals surface area contributed by atoms with E-state index in [1.165, 1.54) is 0 Å². The maximum atomic E-state index is 4.51. The van der Waals surface area contributed by atoms with Crippen LogP contribution in [0.4, 0.5) is 0 Å². The highest BCUT2D eigenvalue weighted by atomic mass is 15.3. The third kappa shape index (κ3) is 2.12. The molecule has 0 saturated heterocycles. The number of rotatable bonds is 4. The number of nitrogens with one attached hydrogen (secondary N) is 2. The van der Waals surface area contributed by atoms with Gasteiger partial charge in [0.2, 0.25) is 0 Å². The van der Waals surface area contributed by atoms with Crippen molar-refractivity contribution in [3.63, 3.8) is 0 Å². The Kier molecular flexibility index (Phi) is 2.82. The molecule has 0 aliphatic carbocycles. The molecule has 2 aromatic heterocycles. The third-order valence-electron chi connectivity index (χ3n) is 2.96. The fourth-order valence-electron chi connectivity index (χ4n) is 1.97. The zero-order valence-electron chi connectivity index (χ0n) is 10.2. The van der Waals surface area contributed by atoms with E-state index in [0.717, 1.165) is 35.6 Å². The summed E-state index contributed by atoms with van der Waals surface area (Å²) in [5, 5.41) is 7.48. The van der Waals surface area contributed by atoms with E-state index < -0.39 is 0 Å². The number of benzene rings is 1. The van der Waals surface area contributed by atoms with Crippen LogP contribution in [0.15, 0.2) is 36.5 Å². The lowest BCUT2D eigenvalue weighted by Crippen LogP contribution is -2.16. The highest BCUT2D eigenvalue weighted by Crippen LogP contribution is 2.10. The summed E-state index contributed by atoms with van der Waals surface area (Å²) in [6, 6.07) is 10.1. The molecular weight excluding hydrogens is 226 g/mol. The summed E-state index contributed by atoms with van der Waals surface area (Å²) in [7, 11) is 1.94. The molecular formula is C13H15N5. The van der Waals surface area contributed by atoms with Crippen molar-refractivity contribution in [1.82, 2.24) is 25.1 Å². The molecule has 92 valence electrons. The molecule has 0 fully saturated rings. The molecule has 0 radical (unpaired) electrons. The summed E-state index contributed by atoms with van der Waals surface area (Å²) >= 11 is 0. The SMILES string of the molecule is Cn1nccc1CNCc1nc2ccccc2[nH]1. The van der Waals surface area contributed by atoms with Crippen LogP contribution >= 0.6 is 0 Å². The van der Waals surface area contributed by atoms with Gasteiger partial charge in [-0.25, -0.2) is 4.98 Å². The predicted octanol–water partition coefficient (Wildman–Crippen LogP) is 1.59. The number of imidazole rings is 1. The zero-order valence-corrected chi connectivity index (χ0v) is 10.2. The van der Waals surface area contributed by atoms with Crippen molar-refractivity contribution in [2.24, 2.45) is 7.05 Å².